The molecule has 0 unspecified atom stereocenters. The molecule has 0 radical (unpaired) electrons. The number of H-pyrrole nitrogens is 1. The van der Waals surface area contributed by atoms with Crippen LogP contribution >= 0.6 is 11.6 Å². The molecule has 0 aliphatic heterocycles. The fourth-order valence-electron chi connectivity index (χ4n) is 1.78. The first kappa shape index (κ1) is 14.9. The minimum atomic E-state index is 0. The summed E-state index contributed by atoms with van der Waals surface area (Å²) in [6.07, 6.45) is 3.94. The number of halogens is 2. The van der Waals surface area contributed by atoms with Gasteiger partial charge in [-0.05, 0) is 24.3 Å². The van der Waals surface area contributed by atoms with Crippen LogP contribution < -0.4 is 28.5 Å². The highest BCUT2D eigenvalue weighted by Crippen LogP contribution is 2.20. The van der Waals surface area contributed by atoms with E-state index < -0.39 is 0 Å². The highest BCUT2D eigenvalue weighted by Gasteiger charge is 2.08. The smallest absolute Gasteiger partial charge is 0.181 e. The van der Waals surface area contributed by atoms with E-state index in [4.69, 9.17) is 11.6 Å². The number of aryl methyl sites for hydroxylation is 1. The quantitative estimate of drug-likeness (QED) is 0.473. The normalized spacial score (nSPS) is 10.1. The topological polar surface area (TPSA) is 45.5 Å². The van der Waals surface area contributed by atoms with Gasteiger partial charge in [-0.1, -0.05) is 11.6 Å². The van der Waals surface area contributed by atoms with Gasteiger partial charge in [0, 0.05) is 28.3 Å². The lowest BCUT2D eigenvalue weighted by molar-refractivity contribution is -0.671. The third-order valence-corrected chi connectivity index (χ3v) is 3.09. The first-order chi connectivity index (χ1) is 9.22. The third-order valence-electron chi connectivity index (χ3n) is 2.84. The van der Waals surface area contributed by atoms with Crippen LogP contribution in [0.3, 0.4) is 0 Å². The molecule has 0 saturated heterocycles. The fourth-order valence-corrected chi connectivity index (χ4v) is 1.90. The number of hydrogen-bond donors (Lipinski definition) is 1. The zero-order valence-corrected chi connectivity index (χ0v) is 13.6. The Morgan fingerprint density at radius 1 is 1.00 bits per heavy atom. The van der Waals surface area contributed by atoms with E-state index in [-0.39, 0.29) is 24.0 Å². The number of benzene rings is 1. The van der Waals surface area contributed by atoms with E-state index in [9.17, 15) is 0 Å². The molecular formula is C14H12ClIN4. The SMILES string of the molecule is C[n+]1ccc(-c2nc(-c3ccc(Cl)cc3)n[nH]2)cc1.[I-]. The largest absolute Gasteiger partial charge is 1.00 e. The second-order valence-electron chi connectivity index (χ2n) is 4.27. The van der Waals surface area contributed by atoms with Crippen molar-refractivity contribution in [2.24, 2.45) is 7.05 Å². The van der Waals surface area contributed by atoms with Gasteiger partial charge in [0.1, 0.15) is 7.05 Å². The van der Waals surface area contributed by atoms with Gasteiger partial charge in [0.05, 0.1) is 0 Å². The van der Waals surface area contributed by atoms with E-state index in [2.05, 4.69) is 15.2 Å². The highest BCUT2D eigenvalue weighted by molar-refractivity contribution is 6.30. The Balaban J connectivity index is 0.00000147. The van der Waals surface area contributed by atoms with Crippen LogP contribution in [0, 0.1) is 0 Å². The van der Waals surface area contributed by atoms with Crippen molar-refractivity contribution in [1.82, 2.24) is 15.2 Å². The van der Waals surface area contributed by atoms with Crippen molar-refractivity contribution in [2.45, 2.75) is 0 Å². The van der Waals surface area contributed by atoms with Crippen molar-refractivity contribution in [3.05, 3.63) is 53.8 Å². The van der Waals surface area contributed by atoms with Crippen molar-refractivity contribution in [3.63, 3.8) is 0 Å². The van der Waals surface area contributed by atoms with Gasteiger partial charge in [-0.15, -0.1) is 0 Å². The van der Waals surface area contributed by atoms with Crippen LogP contribution in [0.2, 0.25) is 5.02 Å². The van der Waals surface area contributed by atoms with Crippen LogP contribution in [-0.2, 0) is 7.05 Å². The number of aromatic nitrogens is 4. The predicted molar refractivity (Wildman–Crippen MR) is 73.4 cm³/mol. The maximum absolute atomic E-state index is 5.86. The van der Waals surface area contributed by atoms with Gasteiger partial charge in [0.2, 0.25) is 0 Å². The second kappa shape index (κ2) is 6.32. The average molecular weight is 399 g/mol. The number of aromatic amines is 1. The van der Waals surface area contributed by atoms with E-state index in [0.717, 1.165) is 17.0 Å². The Labute approximate surface area is 138 Å². The van der Waals surface area contributed by atoms with Gasteiger partial charge < -0.3 is 24.0 Å². The van der Waals surface area contributed by atoms with Gasteiger partial charge in [0.15, 0.2) is 24.0 Å². The molecule has 3 aromatic rings. The third kappa shape index (κ3) is 3.16. The van der Waals surface area contributed by atoms with Crippen LogP contribution in [0.1, 0.15) is 0 Å². The maximum Gasteiger partial charge on any atom is 0.181 e. The molecule has 1 aromatic carbocycles. The molecule has 3 rings (SSSR count). The summed E-state index contributed by atoms with van der Waals surface area (Å²) in [6, 6.07) is 11.4. The molecule has 0 saturated carbocycles. The highest BCUT2D eigenvalue weighted by atomic mass is 127. The molecule has 4 nitrogen and oxygen atoms in total. The number of pyridine rings is 1. The molecule has 0 bridgehead atoms. The molecule has 2 heterocycles. The van der Waals surface area contributed by atoms with E-state index in [0.29, 0.717) is 10.8 Å². The van der Waals surface area contributed by atoms with Gasteiger partial charge in [-0.3, -0.25) is 5.10 Å². The lowest BCUT2D eigenvalue weighted by Gasteiger charge is -1.95. The lowest BCUT2D eigenvalue weighted by atomic mass is 10.2. The minimum absolute atomic E-state index is 0. The van der Waals surface area contributed by atoms with Gasteiger partial charge in [-0.25, -0.2) is 9.55 Å². The molecular weight excluding hydrogens is 387 g/mol. The summed E-state index contributed by atoms with van der Waals surface area (Å²) in [6.45, 7) is 0. The summed E-state index contributed by atoms with van der Waals surface area (Å²) < 4.78 is 1.97. The van der Waals surface area contributed by atoms with E-state index in [1.54, 1.807) is 0 Å². The maximum atomic E-state index is 5.86. The summed E-state index contributed by atoms with van der Waals surface area (Å²) in [5.74, 6) is 1.42. The Kier molecular flexibility index (Phi) is 4.72. The van der Waals surface area contributed by atoms with Crippen molar-refractivity contribution < 1.29 is 28.5 Å². The molecule has 0 amide bonds. The lowest BCUT2D eigenvalue weighted by Crippen LogP contribution is -3.00. The van der Waals surface area contributed by atoms with E-state index >= 15 is 0 Å². The number of rotatable bonds is 2. The summed E-state index contributed by atoms with van der Waals surface area (Å²) in [5, 5.41) is 7.88. The van der Waals surface area contributed by atoms with Crippen LogP contribution in [-0.4, -0.2) is 15.2 Å². The van der Waals surface area contributed by atoms with E-state index in [1.165, 1.54) is 0 Å². The standard InChI is InChI=1S/C14H11ClN4.HI/c1-19-8-6-11(7-9-19)14-16-13(17-18-14)10-2-4-12(15)5-3-10;/h2-9H,1H3;1H. The monoisotopic (exact) mass is 398 g/mol. The number of hydrogen-bond acceptors (Lipinski definition) is 2. The molecule has 20 heavy (non-hydrogen) atoms. The molecule has 2 aromatic heterocycles. The fraction of sp³-hybridized carbons (Fsp3) is 0.0714. The summed E-state index contributed by atoms with van der Waals surface area (Å²) in [5.41, 5.74) is 1.94. The van der Waals surface area contributed by atoms with Crippen LogP contribution in [0.25, 0.3) is 22.8 Å². The minimum Gasteiger partial charge on any atom is -1.00 e. The van der Waals surface area contributed by atoms with Crippen LogP contribution in [0.5, 0.6) is 0 Å². The van der Waals surface area contributed by atoms with Crippen LogP contribution in [0.4, 0.5) is 0 Å². The Morgan fingerprint density at radius 3 is 2.30 bits per heavy atom. The Morgan fingerprint density at radius 2 is 1.65 bits per heavy atom. The first-order valence-corrected chi connectivity index (χ1v) is 6.24. The second-order valence-corrected chi connectivity index (χ2v) is 4.70. The van der Waals surface area contributed by atoms with Crippen molar-refractivity contribution in [3.8, 4) is 22.8 Å². The predicted octanol–water partition coefficient (Wildman–Crippen LogP) is -0.379. The Bertz CT molecular complexity index is 632. The summed E-state index contributed by atoms with van der Waals surface area (Å²) in [7, 11) is 1.98. The van der Waals surface area contributed by atoms with Gasteiger partial charge >= 0.3 is 0 Å². The van der Waals surface area contributed by atoms with Crippen molar-refractivity contribution in [2.75, 3.05) is 0 Å². The average Bonchev–Trinajstić information content (AvgIpc) is 2.90. The molecule has 0 spiro atoms. The van der Waals surface area contributed by atoms with Gasteiger partial charge in [0.25, 0.3) is 0 Å². The van der Waals surface area contributed by atoms with E-state index in [1.807, 2.05) is 60.4 Å². The number of nitrogens with zero attached hydrogens (tertiary/aromatic N) is 3. The number of nitrogens with one attached hydrogen (secondary N) is 1. The summed E-state index contributed by atoms with van der Waals surface area (Å²) in [4.78, 5) is 4.49. The molecule has 102 valence electrons. The van der Waals surface area contributed by atoms with Crippen molar-refractivity contribution >= 4 is 11.6 Å². The molecule has 6 heteroatoms. The molecule has 1 N–H and O–H groups in total. The molecule has 0 aliphatic rings. The zero-order chi connectivity index (χ0) is 13.2. The first-order valence-electron chi connectivity index (χ1n) is 5.86. The van der Waals surface area contributed by atoms with Gasteiger partial charge in [-0.2, -0.15) is 5.10 Å². The molecule has 0 atom stereocenters. The Hall–Kier alpha value is -1.47. The zero-order valence-electron chi connectivity index (χ0n) is 10.7. The summed E-state index contributed by atoms with van der Waals surface area (Å²) >= 11 is 5.86. The molecule has 0 fully saturated rings. The van der Waals surface area contributed by atoms with Crippen molar-refractivity contribution in [1.29, 1.82) is 0 Å². The van der Waals surface area contributed by atoms with Crippen LogP contribution in [0.15, 0.2) is 48.8 Å². The molecule has 0 aliphatic carbocycles.